The van der Waals surface area contributed by atoms with E-state index in [1.54, 1.807) is 0 Å². The van der Waals surface area contributed by atoms with Gasteiger partial charge in [0.25, 0.3) is 0 Å². The monoisotopic (exact) mass is 370 g/mol. The summed E-state index contributed by atoms with van der Waals surface area (Å²) in [6.07, 6.45) is 4.47. The molecular formula is C24H26N4. The zero-order chi connectivity index (χ0) is 19.3. The van der Waals surface area contributed by atoms with Crippen LogP contribution in [-0.2, 0) is 19.3 Å². The van der Waals surface area contributed by atoms with E-state index in [1.165, 1.54) is 33.2 Å². The van der Waals surface area contributed by atoms with Crippen LogP contribution in [0, 0.1) is 5.41 Å². The van der Waals surface area contributed by atoms with Crippen LogP contribution in [0.15, 0.2) is 54.6 Å². The van der Waals surface area contributed by atoms with Crippen molar-refractivity contribution in [1.29, 1.82) is 5.41 Å². The fourth-order valence-corrected chi connectivity index (χ4v) is 4.79. The van der Waals surface area contributed by atoms with Crippen molar-refractivity contribution < 1.29 is 0 Å². The van der Waals surface area contributed by atoms with Crippen molar-refractivity contribution in [1.82, 2.24) is 5.01 Å². The van der Waals surface area contributed by atoms with Crippen molar-refractivity contribution in [2.45, 2.75) is 25.7 Å². The number of aryl methyl sites for hydroxylation is 3. The lowest BCUT2D eigenvalue weighted by Crippen LogP contribution is -2.51. The summed E-state index contributed by atoms with van der Waals surface area (Å²) in [7, 11) is 4.01. The first-order valence-corrected chi connectivity index (χ1v) is 10.1. The van der Waals surface area contributed by atoms with Crippen molar-refractivity contribution in [3.63, 3.8) is 0 Å². The van der Waals surface area contributed by atoms with Gasteiger partial charge in [-0.1, -0.05) is 42.5 Å². The second kappa shape index (κ2) is 6.55. The third-order valence-corrected chi connectivity index (χ3v) is 6.29. The summed E-state index contributed by atoms with van der Waals surface area (Å²) in [6, 6.07) is 19.6. The molecule has 1 aliphatic carbocycles. The van der Waals surface area contributed by atoms with Gasteiger partial charge in [-0.05, 0) is 59.9 Å². The fourth-order valence-electron chi connectivity index (χ4n) is 4.79. The van der Waals surface area contributed by atoms with Crippen molar-refractivity contribution in [2.24, 2.45) is 0 Å². The molecule has 0 atom stereocenters. The Morgan fingerprint density at radius 2 is 1.61 bits per heavy atom. The molecule has 1 heterocycles. The molecule has 0 radical (unpaired) electrons. The molecule has 3 aromatic rings. The molecule has 28 heavy (non-hydrogen) atoms. The van der Waals surface area contributed by atoms with E-state index in [2.05, 4.69) is 59.6 Å². The summed E-state index contributed by atoms with van der Waals surface area (Å²) >= 11 is 0. The Morgan fingerprint density at radius 1 is 0.857 bits per heavy atom. The molecule has 0 unspecified atom stereocenters. The maximum atomic E-state index is 8.92. The molecule has 5 rings (SSSR count). The lowest BCUT2D eigenvalue weighted by atomic mass is 10.0. The highest BCUT2D eigenvalue weighted by Crippen LogP contribution is 2.36. The van der Waals surface area contributed by atoms with Crippen LogP contribution in [0.25, 0.3) is 10.8 Å². The van der Waals surface area contributed by atoms with Gasteiger partial charge in [0.05, 0.1) is 11.4 Å². The molecule has 0 bridgehead atoms. The second-order valence-corrected chi connectivity index (χ2v) is 7.85. The van der Waals surface area contributed by atoms with Gasteiger partial charge >= 0.3 is 0 Å². The number of hydrazine groups is 1. The molecule has 1 aliphatic heterocycles. The normalized spacial score (nSPS) is 14.9. The topological polar surface area (TPSA) is 33.6 Å². The summed E-state index contributed by atoms with van der Waals surface area (Å²) in [5.41, 5.74) is 6.56. The van der Waals surface area contributed by atoms with Gasteiger partial charge in [0.15, 0.2) is 0 Å². The van der Waals surface area contributed by atoms with E-state index in [4.69, 9.17) is 5.41 Å². The number of fused-ring (bicyclic) bond motifs is 1. The average molecular weight is 371 g/mol. The van der Waals surface area contributed by atoms with Crippen LogP contribution in [0.2, 0.25) is 0 Å². The Bertz CT molecular complexity index is 1060. The minimum Gasteiger partial charge on any atom is -0.314 e. The van der Waals surface area contributed by atoms with E-state index in [0.717, 1.165) is 37.9 Å². The number of guanidine groups is 1. The Hall–Kier alpha value is -3.01. The summed E-state index contributed by atoms with van der Waals surface area (Å²) < 4.78 is 0. The van der Waals surface area contributed by atoms with E-state index in [1.807, 2.05) is 24.0 Å². The van der Waals surface area contributed by atoms with Crippen LogP contribution in [0.3, 0.4) is 0 Å². The summed E-state index contributed by atoms with van der Waals surface area (Å²) in [4.78, 5) is 2.01. The van der Waals surface area contributed by atoms with Gasteiger partial charge in [0.2, 0.25) is 5.96 Å². The van der Waals surface area contributed by atoms with Gasteiger partial charge in [-0.15, -0.1) is 0 Å². The summed E-state index contributed by atoms with van der Waals surface area (Å²) in [5.74, 6) is 0.482. The van der Waals surface area contributed by atoms with Crippen molar-refractivity contribution in [3.05, 3.63) is 71.3 Å². The average Bonchev–Trinajstić information content (AvgIpc) is 3.17. The Balaban J connectivity index is 1.49. The van der Waals surface area contributed by atoms with Crippen molar-refractivity contribution in [2.75, 3.05) is 30.5 Å². The third-order valence-electron chi connectivity index (χ3n) is 6.29. The van der Waals surface area contributed by atoms with Gasteiger partial charge in [-0.25, -0.2) is 0 Å². The minimum absolute atomic E-state index is 0.482. The van der Waals surface area contributed by atoms with E-state index in [9.17, 15) is 0 Å². The van der Waals surface area contributed by atoms with Crippen LogP contribution >= 0.6 is 0 Å². The lowest BCUT2D eigenvalue weighted by Gasteiger charge is -2.41. The van der Waals surface area contributed by atoms with Gasteiger partial charge in [0, 0.05) is 26.0 Å². The number of hydrogen-bond donors (Lipinski definition) is 1. The predicted molar refractivity (Wildman–Crippen MR) is 117 cm³/mol. The number of hydrogen-bond acceptors (Lipinski definition) is 2. The summed E-state index contributed by atoms with van der Waals surface area (Å²) in [6.45, 7) is 0.938. The Morgan fingerprint density at radius 3 is 2.46 bits per heavy atom. The number of para-hydroxylation sites is 1. The molecule has 1 N–H and O–H groups in total. The van der Waals surface area contributed by atoms with E-state index < -0.39 is 0 Å². The maximum Gasteiger partial charge on any atom is 0.217 e. The maximum absolute atomic E-state index is 8.92. The lowest BCUT2D eigenvalue weighted by molar-refractivity contribution is 0.427. The van der Waals surface area contributed by atoms with Gasteiger partial charge < -0.3 is 4.90 Å². The molecular weight excluding hydrogens is 344 g/mol. The number of anilines is 2. The molecule has 0 saturated carbocycles. The highest BCUT2D eigenvalue weighted by atomic mass is 15.7. The molecule has 142 valence electrons. The zero-order valence-corrected chi connectivity index (χ0v) is 16.6. The van der Waals surface area contributed by atoms with Crippen LogP contribution < -0.4 is 9.91 Å². The minimum atomic E-state index is 0.482. The molecule has 0 aromatic heterocycles. The van der Waals surface area contributed by atoms with Crippen LogP contribution in [-0.4, -0.2) is 31.6 Å². The van der Waals surface area contributed by atoms with E-state index >= 15 is 0 Å². The van der Waals surface area contributed by atoms with E-state index in [0.29, 0.717) is 5.96 Å². The first-order chi connectivity index (χ1) is 13.6. The molecule has 0 amide bonds. The molecule has 3 aromatic carbocycles. The first kappa shape index (κ1) is 17.1. The van der Waals surface area contributed by atoms with Crippen LogP contribution in [0.5, 0.6) is 0 Å². The van der Waals surface area contributed by atoms with E-state index in [-0.39, 0.29) is 0 Å². The molecule has 0 spiro atoms. The Kier molecular flexibility index (Phi) is 4.00. The number of benzene rings is 3. The third kappa shape index (κ3) is 2.55. The highest BCUT2D eigenvalue weighted by molar-refractivity contribution is 6.06. The zero-order valence-electron chi connectivity index (χ0n) is 16.6. The second-order valence-electron chi connectivity index (χ2n) is 7.85. The van der Waals surface area contributed by atoms with Crippen LogP contribution in [0.4, 0.5) is 11.4 Å². The molecule has 0 fully saturated rings. The van der Waals surface area contributed by atoms with Gasteiger partial charge in [-0.2, -0.15) is 0 Å². The fraction of sp³-hybridized carbons (Fsp3) is 0.292. The highest BCUT2D eigenvalue weighted by Gasteiger charge is 2.25. The SMILES string of the molecule is CN(C(=N)N(C)N1CCCc2ccccc21)c1ccc2c3c(cccc13)CC2. The standard InChI is InChI=1S/C24H26N4/c1-26(22-15-14-19-13-12-18-8-5-10-20(22)23(18)19)24(25)27(2)28-16-6-9-17-7-3-4-11-21(17)28/h3-5,7-8,10-11,14-15,25H,6,9,12-13,16H2,1-2H3. The van der Waals surface area contributed by atoms with Crippen molar-refractivity contribution in [3.8, 4) is 0 Å². The first-order valence-electron chi connectivity index (χ1n) is 10.1. The van der Waals surface area contributed by atoms with Gasteiger partial charge in [0.1, 0.15) is 0 Å². The molecule has 4 nitrogen and oxygen atoms in total. The molecule has 2 aliphatic rings. The molecule has 4 heteroatoms. The number of rotatable bonds is 2. The van der Waals surface area contributed by atoms with Gasteiger partial charge in [-0.3, -0.25) is 15.4 Å². The number of nitrogens with zero attached hydrogens (tertiary/aromatic N) is 3. The summed E-state index contributed by atoms with van der Waals surface area (Å²) in [5, 5.41) is 15.8. The predicted octanol–water partition coefficient (Wildman–Crippen LogP) is 4.61. The smallest absolute Gasteiger partial charge is 0.217 e. The van der Waals surface area contributed by atoms with Crippen molar-refractivity contribution >= 4 is 28.1 Å². The number of nitrogens with one attached hydrogen (secondary N) is 1. The molecule has 0 saturated heterocycles. The van der Waals surface area contributed by atoms with Crippen LogP contribution in [0.1, 0.15) is 23.1 Å². The quantitative estimate of drug-likeness (QED) is 0.528. The Labute approximate surface area is 166 Å². The largest absolute Gasteiger partial charge is 0.314 e.